The first-order valence-electron chi connectivity index (χ1n) is 4.96. The molecule has 2 rings (SSSR count). The van der Waals surface area contributed by atoms with E-state index in [-0.39, 0.29) is 5.75 Å². The Morgan fingerprint density at radius 3 is 1.95 bits per heavy atom. The van der Waals surface area contributed by atoms with Crippen LogP contribution >= 0.6 is 11.8 Å². The molecule has 104 valence electrons. The maximum atomic E-state index is 13.5. The van der Waals surface area contributed by atoms with Gasteiger partial charge >= 0.3 is 5.97 Å². The lowest BCUT2D eigenvalue weighted by atomic mass is 10.1. The van der Waals surface area contributed by atoms with Crippen molar-refractivity contribution >= 4 is 17.7 Å². The molecular weight excluding hydrogens is 293 g/mol. The third-order valence-electron chi connectivity index (χ3n) is 2.59. The predicted molar refractivity (Wildman–Crippen MR) is 56.0 cm³/mol. The van der Waals surface area contributed by atoms with Crippen LogP contribution in [0.4, 0.5) is 22.0 Å². The van der Waals surface area contributed by atoms with Crippen LogP contribution in [-0.2, 0) is 4.79 Å². The molecule has 1 aliphatic rings. The van der Waals surface area contributed by atoms with E-state index in [4.69, 9.17) is 5.11 Å². The van der Waals surface area contributed by atoms with E-state index in [1.54, 1.807) is 0 Å². The molecule has 0 aromatic heterocycles. The Morgan fingerprint density at radius 1 is 1.05 bits per heavy atom. The van der Waals surface area contributed by atoms with E-state index in [9.17, 15) is 26.7 Å². The molecule has 9 heteroatoms. The second kappa shape index (κ2) is 4.97. The van der Waals surface area contributed by atoms with Crippen LogP contribution in [0.2, 0.25) is 0 Å². The maximum Gasteiger partial charge on any atom is 0.321 e. The lowest BCUT2D eigenvalue weighted by molar-refractivity contribution is -0.138. The van der Waals surface area contributed by atoms with Crippen molar-refractivity contribution in [3.63, 3.8) is 0 Å². The Labute approximate surface area is 107 Å². The molecule has 1 fully saturated rings. The normalized spacial score (nSPS) is 22.8. The minimum absolute atomic E-state index is 0.0422. The second-order valence-electron chi connectivity index (χ2n) is 3.75. The highest BCUT2D eigenvalue weighted by Gasteiger charge is 2.37. The lowest BCUT2D eigenvalue weighted by Crippen LogP contribution is -2.34. The summed E-state index contributed by atoms with van der Waals surface area (Å²) in [6.45, 7) is 0. The highest BCUT2D eigenvalue weighted by molar-refractivity contribution is 7.99. The fraction of sp³-hybridized carbons (Fsp3) is 0.300. The van der Waals surface area contributed by atoms with Crippen LogP contribution in [0.25, 0.3) is 0 Å². The summed E-state index contributed by atoms with van der Waals surface area (Å²) in [7, 11) is 0. The number of halogens is 5. The van der Waals surface area contributed by atoms with Gasteiger partial charge in [-0.15, -0.1) is 11.8 Å². The van der Waals surface area contributed by atoms with E-state index >= 15 is 0 Å². The van der Waals surface area contributed by atoms with Crippen molar-refractivity contribution in [2.75, 3.05) is 5.75 Å². The molecule has 1 aliphatic heterocycles. The molecule has 1 aromatic rings. The molecule has 0 radical (unpaired) electrons. The number of carboxylic acids is 1. The summed E-state index contributed by atoms with van der Waals surface area (Å²) in [5, 5.41) is 9.69. The van der Waals surface area contributed by atoms with Gasteiger partial charge < -0.3 is 5.11 Å². The maximum absolute atomic E-state index is 13.5. The van der Waals surface area contributed by atoms with Gasteiger partial charge in [-0.1, -0.05) is 0 Å². The van der Waals surface area contributed by atoms with E-state index in [2.05, 4.69) is 5.32 Å². The molecule has 2 N–H and O–H groups in total. The first-order chi connectivity index (χ1) is 8.84. The number of aliphatic carboxylic acids is 1. The summed E-state index contributed by atoms with van der Waals surface area (Å²) in [5.41, 5.74) is -1.05. The third-order valence-corrected chi connectivity index (χ3v) is 3.82. The highest BCUT2D eigenvalue weighted by atomic mass is 32.2. The number of rotatable bonds is 2. The Bertz CT molecular complexity index is 524. The van der Waals surface area contributed by atoms with E-state index in [0.717, 1.165) is 11.8 Å². The Balaban J connectivity index is 2.44. The first-order valence-corrected chi connectivity index (χ1v) is 6.01. The minimum Gasteiger partial charge on any atom is -0.480 e. The van der Waals surface area contributed by atoms with Gasteiger partial charge in [-0.05, 0) is 0 Å². The molecule has 3 nitrogen and oxygen atoms in total. The van der Waals surface area contributed by atoms with Crippen molar-refractivity contribution in [2.24, 2.45) is 0 Å². The van der Waals surface area contributed by atoms with Gasteiger partial charge in [0.05, 0.1) is 10.9 Å². The minimum atomic E-state index is -2.24. The fourth-order valence-corrected chi connectivity index (χ4v) is 2.89. The zero-order valence-corrected chi connectivity index (χ0v) is 9.83. The number of thioether (sulfide) groups is 1. The summed E-state index contributed by atoms with van der Waals surface area (Å²) in [4.78, 5) is 10.7. The Hall–Kier alpha value is -1.35. The van der Waals surface area contributed by atoms with Crippen LogP contribution < -0.4 is 5.32 Å². The standard InChI is InChI=1S/C10H6F5NO2S/c11-4-3(5(12)7(14)8(15)6(4)13)9-16-2(1-19-9)10(17)18/h2,9,16H,1H2,(H,17,18)/t2-,9-/m0/s1. The molecule has 19 heavy (non-hydrogen) atoms. The van der Waals surface area contributed by atoms with Crippen molar-refractivity contribution < 1.29 is 31.9 Å². The van der Waals surface area contributed by atoms with E-state index < -0.39 is 52.0 Å². The smallest absolute Gasteiger partial charge is 0.321 e. The molecule has 2 atom stereocenters. The third kappa shape index (κ3) is 2.27. The number of benzene rings is 1. The topological polar surface area (TPSA) is 49.3 Å². The Kier molecular flexibility index (Phi) is 3.68. The summed E-state index contributed by atoms with van der Waals surface area (Å²) in [6.07, 6.45) is 0. The molecule has 0 saturated carbocycles. The first kappa shape index (κ1) is 14.1. The van der Waals surface area contributed by atoms with E-state index in [0.29, 0.717) is 0 Å². The van der Waals surface area contributed by atoms with Gasteiger partial charge in [0, 0.05) is 5.75 Å². The summed E-state index contributed by atoms with van der Waals surface area (Å²) in [6, 6.07) is -1.11. The van der Waals surface area contributed by atoms with Crippen molar-refractivity contribution in [1.82, 2.24) is 5.32 Å². The Morgan fingerprint density at radius 2 is 1.53 bits per heavy atom. The average molecular weight is 299 g/mol. The summed E-state index contributed by atoms with van der Waals surface area (Å²) >= 11 is 0.756. The van der Waals surface area contributed by atoms with Gasteiger partial charge in [0.25, 0.3) is 0 Å². The van der Waals surface area contributed by atoms with Crippen molar-refractivity contribution in [3.05, 3.63) is 34.6 Å². The molecule has 0 amide bonds. The van der Waals surface area contributed by atoms with Crippen LogP contribution in [0.3, 0.4) is 0 Å². The van der Waals surface area contributed by atoms with Gasteiger partial charge in [-0.25, -0.2) is 22.0 Å². The molecule has 1 heterocycles. The highest BCUT2D eigenvalue weighted by Crippen LogP contribution is 2.37. The average Bonchev–Trinajstić information content (AvgIpc) is 2.84. The van der Waals surface area contributed by atoms with Gasteiger partial charge in [0.15, 0.2) is 23.3 Å². The van der Waals surface area contributed by atoms with Crippen LogP contribution in [-0.4, -0.2) is 22.9 Å². The number of hydrogen-bond acceptors (Lipinski definition) is 3. The van der Waals surface area contributed by atoms with Gasteiger partial charge in [-0.2, -0.15) is 0 Å². The molecule has 0 spiro atoms. The van der Waals surface area contributed by atoms with E-state index in [1.165, 1.54) is 0 Å². The van der Waals surface area contributed by atoms with Crippen LogP contribution in [0.5, 0.6) is 0 Å². The number of nitrogens with one attached hydrogen (secondary N) is 1. The molecular formula is C10H6F5NO2S. The molecule has 1 aromatic carbocycles. The number of carbonyl (C=O) groups is 1. The van der Waals surface area contributed by atoms with Crippen molar-refractivity contribution in [3.8, 4) is 0 Å². The number of hydrogen-bond donors (Lipinski definition) is 2. The van der Waals surface area contributed by atoms with Gasteiger partial charge in [0.1, 0.15) is 6.04 Å². The molecule has 0 aliphatic carbocycles. The number of carboxylic acid groups (broad SMARTS) is 1. The SMILES string of the molecule is O=C(O)[C@@H]1CS[C@@H](c2c(F)c(F)c(F)c(F)c2F)N1. The van der Waals surface area contributed by atoms with Crippen LogP contribution in [0.1, 0.15) is 10.9 Å². The van der Waals surface area contributed by atoms with Crippen molar-refractivity contribution in [2.45, 2.75) is 11.4 Å². The van der Waals surface area contributed by atoms with Crippen LogP contribution in [0, 0.1) is 29.1 Å². The predicted octanol–water partition coefficient (Wildman–Crippen LogP) is 2.17. The zero-order chi connectivity index (χ0) is 14.3. The summed E-state index contributed by atoms with van der Waals surface area (Å²) < 4.78 is 65.8. The van der Waals surface area contributed by atoms with Crippen LogP contribution in [0.15, 0.2) is 0 Å². The largest absolute Gasteiger partial charge is 0.480 e. The summed E-state index contributed by atoms with van der Waals surface area (Å²) in [5.74, 6) is -11.5. The quantitative estimate of drug-likeness (QED) is 0.499. The van der Waals surface area contributed by atoms with Gasteiger partial charge in [0.2, 0.25) is 5.82 Å². The van der Waals surface area contributed by atoms with Crippen molar-refractivity contribution in [1.29, 1.82) is 0 Å². The zero-order valence-electron chi connectivity index (χ0n) is 9.02. The lowest BCUT2D eigenvalue weighted by Gasteiger charge is -2.14. The van der Waals surface area contributed by atoms with Gasteiger partial charge in [-0.3, -0.25) is 10.1 Å². The second-order valence-corrected chi connectivity index (χ2v) is 4.89. The molecule has 0 bridgehead atoms. The monoisotopic (exact) mass is 299 g/mol. The van der Waals surface area contributed by atoms with E-state index in [1.807, 2.05) is 0 Å². The fourth-order valence-electron chi connectivity index (χ4n) is 1.63. The molecule has 0 unspecified atom stereocenters. The molecule has 1 saturated heterocycles.